The van der Waals surface area contributed by atoms with Gasteiger partial charge in [0.05, 0.1) is 10.0 Å². The molecule has 1 aromatic heterocycles. The van der Waals surface area contributed by atoms with Gasteiger partial charge >= 0.3 is 0 Å². The summed E-state index contributed by atoms with van der Waals surface area (Å²) in [7, 11) is 1.64. The molecule has 2 rings (SSSR count). The van der Waals surface area contributed by atoms with Crippen molar-refractivity contribution < 1.29 is 14.6 Å². The molecular weight excluding hydrogens is 291 g/mol. The molecule has 0 saturated carbocycles. The van der Waals surface area contributed by atoms with Crippen molar-refractivity contribution in [3.63, 3.8) is 0 Å². The van der Waals surface area contributed by atoms with E-state index in [0.29, 0.717) is 17.7 Å². The van der Waals surface area contributed by atoms with Gasteiger partial charge in [-0.05, 0) is 13.0 Å². The molecule has 0 saturated heterocycles. The van der Waals surface area contributed by atoms with Crippen LogP contribution in [0.5, 0.6) is 17.4 Å². The minimum absolute atomic E-state index is 0.132. The molecule has 0 aliphatic rings. The molecule has 100 valence electrons. The third kappa shape index (κ3) is 2.52. The van der Waals surface area contributed by atoms with E-state index in [1.807, 2.05) is 0 Å². The number of hydrogen-bond acceptors (Lipinski definition) is 4. The van der Waals surface area contributed by atoms with Crippen molar-refractivity contribution in [2.24, 2.45) is 7.05 Å². The summed E-state index contributed by atoms with van der Waals surface area (Å²) in [6.07, 6.45) is 0.642. The zero-order valence-corrected chi connectivity index (χ0v) is 11.7. The largest absolute Gasteiger partial charge is 0.506 e. The molecule has 0 atom stereocenters. The van der Waals surface area contributed by atoms with Crippen LogP contribution >= 0.6 is 23.2 Å². The van der Waals surface area contributed by atoms with Crippen LogP contribution in [0.4, 0.5) is 0 Å². The fourth-order valence-corrected chi connectivity index (χ4v) is 2.01. The molecule has 0 aliphatic heterocycles. The minimum Gasteiger partial charge on any atom is -0.506 e. The van der Waals surface area contributed by atoms with Crippen molar-refractivity contribution in [1.82, 2.24) is 9.78 Å². The van der Waals surface area contributed by atoms with Crippen molar-refractivity contribution in [1.29, 1.82) is 0 Å². The highest BCUT2D eigenvalue weighted by atomic mass is 35.5. The van der Waals surface area contributed by atoms with Gasteiger partial charge in [0.25, 0.3) is 0 Å². The van der Waals surface area contributed by atoms with Crippen molar-refractivity contribution in [3.8, 4) is 17.4 Å². The van der Waals surface area contributed by atoms with Crippen LogP contribution in [-0.2, 0) is 7.05 Å². The molecule has 19 heavy (non-hydrogen) atoms. The number of aromatic hydroxyl groups is 1. The van der Waals surface area contributed by atoms with Gasteiger partial charge in [0.1, 0.15) is 11.4 Å². The first-order chi connectivity index (χ1) is 8.93. The number of phenolic OH excluding ortho intramolecular Hbond substituents is 1. The Labute approximate surface area is 119 Å². The first-order valence-corrected chi connectivity index (χ1v) is 6.04. The molecule has 0 fully saturated rings. The third-order valence-electron chi connectivity index (χ3n) is 2.58. The van der Waals surface area contributed by atoms with E-state index in [2.05, 4.69) is 5.10 Å². The number of rotatable bonds is 3. The predicted molar refractivity (Wildman–Crippen MR) is 71.5 cm³/mol. The van der Waals surface area contributed by atoms with Gasteiger partial charge in [0.15, 0.2) is 12.0 Å². The number of phenols is 1. The van der Waals surface area contributed by atoms with Crippen LogP contribution in [-0.4, -0.2) is 21.2 Å². The summed E-state index contributed by atoms with van der Waals surface area (Å²) < 4.78 is 7.00. The number of aryl methyl sites for hydroxylation is 1. The number of ether oxygens (including phenoxy) is 1. The Morgan fingerprint density at radius 2 is 2.05 bits per heavy atom. The Morgan fingerprint density at radius 1 is 1.37 bits per heavy atom. The van der Waals surface area contributed by atoms with Crippen molar-refractivity contribution in [3.05, 3.63) is 33.4 Å². The van der Waals surface area contributed by atoms with Gasteiger partial charge in [0.2, 0.25) is 5.88 Å². The third-order valence-corrected chi connectivity index (χ3v) is 3.17. The number of hydrogen-bond donors (Lipinski definition) is 1. The lowest BCUT2D eigenvalue weighted by Gasteiger charge is -2.09. The van der Waals surface area contributed by atoms with Crippen LogP contribution in [0.2, 0.25) is 10.0 Å². The van der Waals surface area contributed by atoms with Crippen LogP contribution in [0, 0.1) is 6.92 Å². The maximum atomic E-state index is 10.8. The van der Waals surface area contributed by atoms with Gasteiger partial charge in [-0.3, -0.25) is 4.79 Å². The van der Waals surface area contributed by atoms with E-state index in [1.165, 1.54) is 16.8 Å². The van der Waals surface area contributed by atoms with E-state index in [-0.39, 0.29) is 27.2 Å². The lowest BCUT2D eigenvalue weighted by atomic mass is 10.3. The van der Waals surface area contributed by atoms with Gasteiger partial charge in [-0.2, -0.15) is 5.10 Å². The van der Waals surface area contributed by atoms with Crippen molar-refractivity contribution in [2.75, 3.05) is 0 Å². The summed E-state index contributed by atoms with van der Waals surface area (Å²) in [5, 5.41) is 13.9. The molecule has 5 nitrogen and oxygen atoms in total. The first-order valence-electron chi connectivity index (χ1n) is 5.28. The van der Waals surface area contributed by atoms with Crippen LogP contribution < -0.4 is 4.74 Å². The fourth-order valence-electron chi connectivity index (χ4n) is 1.59. The Hall–Kier alpha value is -1.72. The van der Waals surface area contributed by atoms with Gasteiger partial charge < -0.3 is 9.84 Å². The molecular formula is C12H10Cl2N2O3. The maximum Gasteiger partial charge on any atom is 0.221 e. The van der Waals surface area contributed by atoms with Crippen LogP contribution in [0.1, 0.15) is 16.1 Å². The van der Waals surface area contributed by atoms with Crippen LogP contribution in [0.25, 0.3) is 0 Å². The molecule has 1 aromatic carbocycles. The smallest absolute Gasteiger partial charge is 0.221 e. The van der Waals surface area contributed by atoms with E-state index in [9.17, 15) is 9.90 Å². The van der Waals surface area contributed by atoms with Crippen LogP contribution in [0.15, 0.2) is 12.1 Å². The van der Waals surface area contributed by atoms with Crippen molar-refractivity contribution >= 4 is 29.5 Å². The number of carbonyl (C=O) groups excluding carboxylic acids is 1. The van der Waals surface area contributed by atoms with E-state index < -0.39 is 0 Å². The number of halogens is 2. The summed E-state index contributed by atoms with van der Waals surface area (Å²) in [6.45, 7) is 1.70. The Kier molecular flexibility index (Phi) is 3.68. The highest BCUT2D eigenvalue weighted by Crippen LogP contribution is 2.38. The summed E-state index contributed by atoms with van der Waals surface area (Å²) >= 11 is 11.7. The molecule has 0 amide bonds. The van der Waals surface area contributed by atoms with Crippen molar-refractivity contribution in [2.45, 2.75) is 6.92 Å². The van der Waals surface area contributed by atoms with E-state index in [4.69, 9.17) is 27.9 Å². The average Bonchev–Trinajstić information content (AvgIpc) is 2.63. The number of benzene rings is 1. The number of aromatic nitrogens is 2. The second kappa shape index (κ2) is 5.11. The summed E-state index contributed by atoms with van der Waals surface area (Å²) in [6, 6.07) is 2.68. The van der Waals surface area contributed by atoms with E-state index in [0.717, 1.165) is 0 Å². The zero-order valence-electron chi connectivity index (χ0n) is 10.1. The molecule has 0 spiro atoms. The topological polar surface area (TPSA) is 64.4 Å². The summed E-state index contributed by atoms with van der Waals surface area (Å²) in [4.78, 5) is 10.8. The van der Waals surface area contributed by atoms with Gasteiger partial charge in [-0.1, -0.05) is 23.2 Å². The maximum absolute atomic E-state index is 10.8. The summed E-state index contributed by atoms with van der Waals surface area (Å²) in [5.74, 6) is 0.453. The van der Waals surface area contributed by atoms with Crippen LogP contribution in [0.3, 0.4) is 0 Å². The molecule has 0 aliphatic carbocycles. The molecule has 1 N–H and O–H groups in total. The quantitative estimate of drug-likeness (QED) is 0.883. The predicted octanol–water partition coefficient (Wildman–Crippen LogP) is 3.35. The average molecular weight is 301 g/mol. The lowest BCUT2D eigenvalue weighted by molar-refractivity contribution is 0.111. The Bertz CT molecular complexity index is 653. The molecule has 1 heterocycles. The fraction of sp³-hybridized carbons (Fsp3) is 0.167. The van der Waals surface area contributed by atoms with Gasteiger partial charge in [-0.15, -0.1) is 0 Å². The standard InChI is InChI=1S/C12H10Cl2N2O3/c1-6-9(5-17)15-16(2)12(6)19-11-4-10(18)7(13)3-8(11)14/h3-5,18H,1-2H3. The highest BCUT2D eigenvalue weighted by molar-refractivity contribution is 6.36. The molecule has 7 heteroatoms. The molecule has 0 bridgehead atoms. The Balaban J connectivity index is 2.44. The summed E-state index contributed by atoms with van der Waals surface area (Å²) in [5.41, 5.74) is 0.870. The second-order valence-corrected chi connectivity index (χ2v) is 4.71. The molecule has 2 aromatic rings. The zero-order chi connectivity index (χ0) is 14.2. The van der Waals surface area contributed by atoms with E-state index >= 15 is 0 Å². The number of carbonyl (C=O) groups is 1. The highest BCUT2D eigenvalue weighted by Gasteiger charge is 2.16. The lowest BCUT2D eigenvalue weighted by Crippen LogP contribution is -1.96. The normalized spacial score (nSPS) is 10.5. The SMILES string of the molecule is Cc1c(C=O)nn(C)c1Oc1cc(O)c(Cl)cc1Cl. The first kappa shape index (κ1) is 13.7. The molecule has 0 unspecified atom stereocenters. The minimum atomic E-state index is -0.142. The van der Waals surface area contributed by atoms with Gasteiger partial charge in [0, 0.05) is 18.7 Å². The number of nitrogens with zero attached hydrogens (tertiary/aromatic N) is 2. The number of aldehydes is 1. The molecule has 0 radical (unpaired) electrons. The monoisotopic (exact) mass is 300 g/mol. The van der Waals surface area contributed by atoms with Gasteiger partial charge in [-0.25, -0.2) is 4.68 Å². The Morgan fingerprint density at radius 3 is 2.63 bits per heavy atom. The van der Waals surface area contributed by atoms with E-state index in [1.54, 1.807) is 14.0 Å². The second-order valence-electron chi connectivity index (χ2n) is 3.89.